The van der Waals surface area contributed by atoms with Crippen molar-refractivity contribution in [2.24, 2.45) is 0 Å². The Bertz CT molecular complexity index is 1050. The van der Waals surface area contributed by atoms with Gasteiger partial charge in [-0.25, -0.2) is 4.79 Å². The number of carbonyl (C=O) groups excluding carboxylic acids is 2. The maximum absolute atomic E-state index is 12.9. The lowest BCUT2D eigenvalue weighted by Crippen LogP contribution is -2.48. The van der Waals surface area contributed by atoms with Gasteiger partial charge in [0.1, 0.15) is 0 Å². The molecule has 176 valence electrons. The number of esters is 1. The van der Waals surface area contributed by atoms with Gasteiger partial charge in [0, 0.05) is 50.4 Å². The van der Waals surface area contributed by atoms with Crippen LogP contribution in [0.25, 0.3) is 0 Å². The van der Waals surface area contributed by atoms with Gasteiger partial charge in [0.05, 0.1) is 22.7 Å². The van der Waals surface area contributed by atoms with Gasteiger partial charge in [-0.15, -0.1) is 0 Å². The van der Waals surface area contributed by atoms with Crippen molar-refractivity contribution < 1.29 is 32.4 Å². The van der Waals surface area contributed by atoms with Crippen molar-refractivity contribution in [3.05, 3.63) is 74.8 Å². The van der Waals surface area contributed by atoms with Gasteiger partial charge in [-0.05, 0) is 24.6 Å². The predicted octanol–water partition coefficient (Wildman–Crippen LogP) is 3.75. The molecule has 0 bridgehead atoms. The molecule has 8 nitrogen and oxygen atoms in total. The highest BCUT2D eigenvalue weighted by Gasteiger charge is 2.31. The molecule has 0 aliphatic carbocycles. The van der Waals surface area contributed by atoms with Crippen molar-refractivity contribution in [2.45, 2.75) is 19.6 Å². The summed E-state index contributed by atoms with van der Waals surface area (Å²) in [6.45, 7) is 3.39. The SMILES string of the molecule is CCOC(=O)c1cc(C(=O)N2CCN(Cc3cccc(C(F)(F)F)c3)CC2)cc([N+](=O)[O-])c1. The Morgan fingerprint density at radius 2 is 1.73 bits per heavy atom. The number of hydrogen-bond donors (Lipinski definition) is 0. The average molecular weight is 465 g/mol. The van der Waals surface area contributed by atoms with Gasteiger partial charge in [-0.2, -0.15) is 13.2 Å². The van der Waals surface area contributed by atoms with E-state index in [1.54, 1.807) is 13.0 Å². The minimum atomic E-state index is -4.41. The van der Waals surface area contributed by atoms with Gasteiger partial charge >= 0.3 is 12.1 Å². The molecule has 1 fully saturated rings. The summed E-state index contributed by atoms with van der Waals surface area (Å²) < 4.78 is 43.6. The maximum atomic E-state index is 12.9. The smallest absolute Gasteiger partial charge is 0.416 e. The second-order valence-corrected chi connectivity index (χ2v) is 7.51. The zero-order valence-electron chi connectivity index (χ0n) is 17.8. The second kappa shape index (κ2) is 9.99. The van der Waals surface area contributed by atoms with Gasteiger partial charge in [-0.3, -0.25) is 19.8 Å². The Labute approximate surface area is 187 Å². The fraction of sp³-hybridized carbons (Fsp3) is 0.364. The third-order valence-electron chi connectivity index (χ3n) is 5.21. The number of ether oxygens (including phenoxy) is 1. The zero-order chi connectivity index (χ0) is 24.2. The Kier molecular flexibility index (Phi) is 7.32. The van der Waals surface area contributed by atoms with Crippen LogP contribution in [0.1, 0.15) is 38.8 Å². The number of benzene rings is 2. The van der Waals surface area contributed by atoms with Gasteiger partial charge in [0.15, 0.2) is 0 Å². The van der Waals surface area contributed by atoms with Crippen LogP contribution in [0.4, 0.5) is 18.9 Å². The van der Waals surface area contributed by atoms with Crippen LogP contribution in [0, 0.1) is 10.1 Å². The lowest BCUT2D eigenvalue weighted by Gasteiger charge is -2.35. The number of carbonyl (C=O) groups is 2. The monoisotopic (exact) mass is 465 g/mol. The molecular formula is C22H22F3N3O5. The van der Waals surface area contributed by atoms with Crippen LogP contribution in [0.5, 0.6) is 0 Å². The molecule has 0 unspecified atom stereocenters. The number of alkyl halides is 3. The summed E-state index contributed by atoms with van der Waals surface area (Å²) in [6.07, 6.45) is -4.41. The minimum absolute atomic E-state index is 0.00131. The quantitative estimate of drug-likeness (QED) is 0.367. The van der Waals surface area contributed by atoms with Gasteiger partial charge in [0.2, 0.25) is 0 Å². The summed E-state index contributed by atoms with van der Waals surface area (Å²) in [5.74, 6) is -1.23. The molecule has 0 saturated carbocycles. The standard InChI is InChI=1S/C22H22F3N3O5/c1-2-33-21(30)17-11-16(12-19(13-17)28(31)32)20(29)27-8-6-26(7-9-27)14-15-4-3-5-18(10-15)22(23,24)25/h3-5,10-13H,2,6-9,14H2,1H3. The Morgan fingerprint density at radius 3 is 2.33 bits per heavy atom. The second-order valence-electron chi connectivity index (χ2n) is 7.51. The molecule has 0 atom stereocenters. The third kappa shape index (κ3) is 6.07. The van der Waals surface area contributed by atoms with E-state index in [-0.39, 0.29) is 30.8 Å². The topological polar surface area (TPSA) is 93.0 Å². The van der Waals surface area contributed by atoms with E-state index in [2.05, 4.69) is 0 Å². The molecule has 1 heterocycles. The highest BCUT2D eigenvalue weighted by molar-refractivity contribution is 5.99. The van der Waals surface area contributed by atoms with Crippen molar-refractivity contribution in [1.29, 1.82) is 0 Å². The van der Waals surface area contributed by atoms with E-state index in [0.717, 1.165) is 24.3 Å². The van der Waals surface area contributed by atoms with Crippen molar-refractivity contribution in [2.75, 3.05) is 32.8 Å². The number of hydrogen-bond acceptors (Lipinski definition) is 6. The summed E-state index contributed by atoms with van der Waals surface area (Å²) >= 11 is 0. The molecule has 0 spiro atoms. The average Bonchev–Trinajstić information content (AvgIpc) is 2.78. The molecule has 0 N–H and O–H groups in total. The minimum Gasteiger partial charge on any atom is -0.462 e. The fourth-order valence-corrected chi connectivity index (χ4v) is 3.57. The summed E-state index contributed by atoms with van der Waals surface area (Å²) in [5.41, 5.74) is -0.678. The first-order valence-corrected chi connectivity index (χ1v) is 10.2. The number of nitro groups is 1. The molecule has 11 heteroatoms. The van der Waals surface area contributed by atoms with Crippen LogP contribution in [0.2, 0.25) is 0 Å². The molecule has 1 aliphatic heterocycles. The van der Waals surface area contributed by atoms with Crippen LogP contribution >= 0.6 is 0 Å². The molecule has 0 radical (unpaired) electrons. The van der Waals surface area contributed by atoms with Crippen LogP contribution in [-0.4, -0.2) is 59.4 Å². The van der Waals surface area contributed by atoms with Gasteiger partial charge < -0.3 is 9.64 Å². The van der Waals surface area contributed by atoms with E-state index >= 15 is 0 Å². The van der Waals surface area contributed by atoms with Crippen molar-refractivity contribution in [3.63, 3.8) is 0 Å². The van der Waals surface area contributed by atoms with E-state index < -0.39 is 34.2 Å². The van der Waals surface area contributed by atoms with E-state index in [9.17, 15) is 32.9 Å². The number of rotatable bonds is 6. The predicted molar refractivity (Wildman–Crippen MR) is 112 cm³/mol. The summed E-state index contributed by atoms with van der Waals surface area (Å²) in [6, 6.07) is 8.54. The highest BCUT2D eigenvalue weighted by Crippen LogP contribution is 2.30. The molecule has 33 heavy (non-hydrogen) atoms. The highest BCUT2D eigenvalue weighted by atomic mass is 19.4. The number of halogens is 3. The van der Waals surface area contributed by atoms with Crippen LogP contribution in [0.15, 0.2) is 42.5 Å². The fourth-order valence-electron chi connectivity index (χ4n) is 3.57. The van der Waals surface area contributed by atoms with Crippen LogP contribution in [-0.2, 0) is 17.5 Å². The molecule has 1 aliphatic rings. The zero-order valence-corrected chi connectivity index (χ0v) is 17.8. The van der Waals surface area contributed by atoms with Crippen molar-refractivity contribution in [1.82, 2.24) is 9.80 Å². The number of amides is 1. The first-order valence-electron chi connectivity index (χ1n) is 10.2. The normalized spacial score (nSPS) is 14.7. The van der Waals surface area contributed by atoms with Gasteiger partial charge in [-0.1, -0.05) is 18.2 Å². The lowest BCUT2D eigenvalue weighted by atomic mass is 10.1. The Balaban J connectivity index is 1.68. The molecule has 2 aromatic carbocycles. The van der Waals surface area contributed by atoms with Crippen molar-refractivity contribution in [3.8, 4) is 0 Å². The van der Waals surface area contributed by atoms with E-state index in [0.29, 0.717) is 25.2 Å². The van der Waals surface area contributed by atoms with Crippen LogP contribution in [0.3, 0.4) is 0 Å². The number of nitro benzene ring substituents is 1. The molecule has 3 rings (SSSR count). The number of piperazine rings is 1. The molecule has 2 aromatic rings. The van der Waals surface area contributed by atoms with E-state index in [1.807, 2.05) is 4.90 Å². The first-order chi connectivity index (χ1) is 15.6. The molecule has 1 saturated heterocycles. The van der Waals surface area contributed by atoms with Crippen LogP contribution < -0.4 is 0 Å². The molecule has 1 amide bonds. The Morgan fingerprint density at radius 1 is 1.06 bits per heavy atom. The summed E-state index contributed by atoms with van der Waals surface area (Å²) in [5, 5.41) is 11.2. The van der Waals surface area contributed by atoms with E-state index in [4.69, 9.17) is 4.74 Å². The number of nitrogens with zero attached hydrogens (tertiary/aromatic N) is 3. The molecular weight excluding hydrogens is 443 g/mol. The number of non-ortho nitro benzene ring substituents is 1. The first kappa shape index (κ1) is 24.2. The Hall–Kier alpha value is -3.47. The maximum Gasteiger partial charge on any atom is 0.416 e. The third-order valence-corrected chi connectivity index (χ3v) is 5.21. The summed E-state index contributed by atoms with van der Waals surface area (Å²) in [7, 11) is 0. The lowest BCUT2D eigenvalue weighted by molar-refractivity contribution is -0.384. The van der Waals surface area contributed by atoms with Gasteiger partial charge in [0.25, 0.3) is 11.6 Å². The largest absolute Gasteiger partial charge is 0.462 e. The van der Waals surface area contributed by atoms with Crippen molar-refractivity contribution >= 4 is 17.6 Å². The van der Waals surface area contributed by atoms with E-state index in [1.165, 1.54) is 17.0 Å². The molecule has 0 aromatic heterocycles. The summed E-state index contributed by atoms with van der Waals surface area (Å²) in [4.78, 5) is 38.9.